The highest BCUT2D eigenvalue weighted by Gasteiger charge is 2.31. The predicted octanol–water partition coefficient (Wildman–Crippen LogP) is 27.2. The molecule has 0 unspecified atom stereocenters. The molecule has 0 bridgehead atoms. The maximum atomic E-state index is 12.5. The van der Waals surface area contributed by atoms with Crippen LogP contribution >= 0.6 is 70.4 Å². The Balaban J connectivity index is 0.0000000972. The third-order valence-corrected chi connectivity index (χ3v) is 31.2. The number of nitrogens with zero attached hydrogens (tertiary/aromatic N) is 6. The molecule has 0 saturated heterocycles. The molecule has 0 fully saturated rings. The van der Waals surface area contributed by atoms with Gasteiger partial charge in [0.1, 0.15) is 10.1 Å². The van der Waals surface area contributed by atoms with Gasteiger partial charge in [-0.1, -0.05) is 390 Å². The summed E-state index contributed by atoms with van der Waals surface area (Å²) in [7, 11) is 2.77. The molecule has 0 radical (unpaired) electrons. The van der Waals surface area contributed by atoms with Gasteiger partial charge in [-0.2, -0.15) is 0 Å². The van der Waals surface area contributed by atoms with Crippen molar-refractivity contribution in [2.45, 2.75) is 0 Å². The van der Waals surface area contributed by atoms with E-state index in [4.69, 9.17) is 0 Å². The Morgan fingerprint density at radius 3 is 0.782 bits per heavy atom. The third kappa shape index (κ3) is 17.0. The standard InChI is InChI=1S/C30H21N3O.2C22H15BO2.C22H13Br.C16H11BO2.C8H8BrN3O.C6H4BrI/c1-32-26-16-17-31-28(29(26)33(2)30(32)34)19-12-10-18(11-13-19)20-14-15-25-22-7-4-3-6-21(22)24-9-5-8-23(20)27(24)25;2*24-23(25)15-10-8-14(9-11-15)16-12-13-21-18-5-2-1-4-17(18)20-7-3-6-19(16)22(20)21;23-15-10-8-14(9-11-15)16-12-13-21-18-5-2-1-4-17(18)20-7-3-6-19(16)22(20)21;18-17(19)15-9-8-13-11-5-2-1-4-10(11)12-6-3-7-14(15)16(12)13;1-11-5-3-4-10-7(9)6(5)12(2)8(11)13;7-5-1-3-6(8)4-2-5/h3-17H,1-2H3;2*1-13,24-25H;1-13H;1-9,18-19H;3-4H,1-2H3;1-4H. The zero-order valence-corrected chi connectivity index (χ0v) is 86.7. The molecule has 4 aromatic heterocycles. The summed E-state index contributed by atoms with van der Waals surface area (Å²) in [5, 5.41) is 68.6. The van der Waals surface area contributed by atoms with E-state index in [0.29, 0.717) is 21.0 Å². The maximum Gasteiger partial charge on any atom is 0.489 e. The van der Waals surface area contributed by atoms with E-state index in [1.165, 1.54) is 175 Å². The van der Waals surface area contributed by atoms with Crippen molar-refractivity contribution < 1.29 is 30.1 Å². The van der Waals surface area contributed by atoms with Gasteiger partial charge in [0.25, 0.3) is 0 Å². The summed E-state index contributed by atoms with van der Waals surface area (Å²) in [6, 6.07) is 140. The summed E-state index contributed by atoms with van der Waals surface area (Å²) >= 11 is 12.4. The van der Waals surface area contributed by atoms with Gasteiger partial charge in [-0.25, -0.2) is 14.6 Å². The monoisotopic (exact) mass is 2210 g/mol. The van der Waals surface area contributed by atoms with Crippen LogP contribution in [0.3, 0.4) is 0 Å². The molecule has 4 heterocycles. The molecule has 0 aliphatic heterocycles. The molecule has 21 heteroatoms. The van der Waals surface area contributed by atoms with Gasteiger partial charge in [0.2, 0.25) is 0 Å². The Morgan fingerprint density at radius 1 is 0.231 bits per heavy atom. The minimum absolute atomic E-state index is 0.0382. The third-order valence-electron chi connectivity index (χ3n) is 28.8. The van der Waals surface area contributed by atoms with Gasteiger partial charge >= 0.3 is 32.7 Å². The molecule has 5 aliphatic rings. The summed E-state index contributed by atoms with van der Waals surface area (Å²) < 4.78 is 10.7. The first-order valence-electron chi connectivity index (χ1n) is 48.1. The first-order chi connectivity index (χ1) is 71.6. The van der Waals surface area contributed by atoms with E-state index in [2.05, 4.69) is 378 Å². The molecular weight excluding hydrogens is 2120 g/mol. The minimum Gasteiger partial charge on any atom is -0.423 e. The number of rotatable bonds is 8. The average molecular weight is 2210 g/mol. The normalized spacial score (nSPS) is 11.5. The average Bonchev–Trinajstić information content (AvgIpc) is 1.59. The Bertz CT molecular complexity index is 9220. The van der Waals surface area contributed by atoms with Crippen molar-refractivity contribution in [3.63, 3.8) is 0 Å². The predicted molar refractivity (Wildman–Crippen MR) is 626 cm³/mol. The van der Waals surface area contributed by atoms with Gasteiger partial charge in [-0.05, 0) is 313 Å². The van der Waals surface area contributed by atoms with E-state index in [-0.39, 0.29) is 11.4 Å². The van der Waals surface area contributed by atoms with Crippen LogP contribution in [-0.2, 0) is 28.2 Å². The van der Waals surface area contributed by atoms with Crippen LogP contribution in [0.1, 0.15) is 0 Å². The molecule has 0 spiro atoms. The van der Waals surface area contributed by atoms with Crippen molar-refractivity contribution in [3.8, 4) is 167 Å². The molecule has 5 aliphatic carbocycles. The van der Waals surface area contributed by atoms with Gasteiger partial charge in [0.05, 0.1) is 22.2 Å². The number of hydrogen-bond donors (Lipinski definition) is 6. The molecule has 147 heavy (non-hydrogen) atoms. The Labute approximate surface area is 886 Å². The maximum absolute atomic E-state index is 12.5. The minimum atomic E-state index is -1.44. The fourth-order valence-electron chi connectivity index (χ4n) is 21.9. The number of aromatic nitrogens is 6. The van der Waals surface area contributed by atoms with Crippen molar-refractivity contribution in [2.75, 3.05) is 0 Å². The molecule has 29 rings (SSSR count). The molecule has 14 nitrogen and oxygen atoms in total. The quantitative estimate of drug-likeness (QED) is 0.0483. The topological polar surface area (TPSA) is 201 Å². The van der Waals surface area contributed by atoms with Crippen LogP contribution in [0.5, 0.6) is 0 Å². The molecule has 20 aromatic carbocycles. The van der Waals surface area contributed by atoms with Crippen molar-refractivity contribution in [1.29, 1.82) is 0 Å². The highest BCUT2D eigenvalue weighted by atomic mass is 127. The summed E-state index contributed by atoms with van der Waals surface area (Å²) in [4.78, 5) is 32.7. The second-order valence-corrected chi connectivity index (χ2v) is 40.7. The van der Waals surface area contributed by atoms with E-state index in [1.54, 1.807) is 89.2 Å². The first kappa shape index (κ1) is 95.2. The Kier molecular flexibility index (Phi) is 25.6. The molecule has 24 aromatic rings. The van der Waals surface area contributed by atoms with E-state index >= 15 is 0 Å². The fourth-order valence-corrected chi connectivity index (χ4v) is 23.4. The Hall–Kier alpha value is -15.3. The summed E-state index contributed by atoms with van der Waals surface area (Å²) in [5.74, 6) is 0. The van der Waals surface area contributed by atoms with E-state index in [1.807, 2.05) is 78.9 Å². The molecule has 6 N–H and O–H groups in total. The van der Waals surface area contributed by atoms with Gasteiger partial charge in [-0.3, -0.25) is 23.3 Å². The second-order valence-electron chi connectivity index (χ2n) is 36.9. The van der Waals surface area contributed by atoms with Crippen LogP contribution in [0.2, 0.25) is 0 Å². The van der Waals surface area contributed by atoms with Crippen molar-refractivity contribution in [3.05, 3.63) is 457 Å². The first-order valence-corrected chi connectivity index (χ1v) is 51.6. The van der Waals surface area contributed by atoms with Crippen LogP contribution in [0.4, 0.5) is 0 Å². The van der Waals surface area contributed by atoms with Crippen molar-refractivity contribution in [2.24, 2.45) is 28.2 Å². The number of halogens is 4. The van der Waals surface area contributed by atoms with Crippen LogP contribution < -0.4 is 27.8 Å². The lowest BCUT2D eigenvalue weighted by Gasteiger charge is -2.11. The largest absolute Gasteiger partial charge is 0.489 e. The number of benzene rings is 20. The molecular formula is C126H87B3Br3IN6O8. The van der Waals surface area contributed by atoms with Crippen LogP contribution in [0, 0.1) is 3.57 Å². The number of pyridine rings is 2. The smallest absolute Gasteiger partial charge is 0.423 e. The second kappa shape index (κ2) is 39.6. The number of aryl methyl sites for hydroxylation is 4. The molecule has 0 amide bonds. The lowest BCUT2D eigenvalue weighted by Crippen LogP contribution is -2.30. The van der Waals surface area contributed by atoms with Gasteiger partial charge in [0, 0.05) is 58.7 Å². The van der Waals surface area contributed by atoms with Gasteiger partial charge in [0.15, 0.2) is 0 Å². The Morgan fingerprint density at radius 2 is 0.476 bits per heavy atom. The number of hydrogen-bond acceptors (Lipinski definition) is 10. The van der Waals surface area contributed by atoms with Crippen molar-refractivity contribution in [1.82, 2.24) is 28.2 Å². The lowest BCUT2D eigenvalue weighted by atomic mass is 9.76. The van der Waals surface area contributed by atoms with Crippen LogP contribution in [0.25, 0.3) is 243 Å². The molecule has 0 saturated carbocycles. The summed E-state index contributed by atoms with van der Waals surface area (Å²) in [5.41, 5.74) is 41.9. The zero-order valence-electron chi connectivity index (χ0n) is 79.8. The van der Waals surface area contributed by atoms with Crippen LogP contribution in [0.15, 0.2) is 442 Å². The number of imidazole rings is 2. The SMILES string of the molecule is Brc1ccc(-c2ccc3c4c(cccc24)-c2ccccc2-3)cc1.Brc1ccc(I)cc1.Cn1c(=O)n(C)c2c(-c3ccc(-c4ccc5c6c(cccc46)-c4ccccc4-5)cc3)nccc21.Cn1c(=O)n(C)c2c(Br)nccc21.OB(O)c1ccc(-c2ccc3c4c(cccc24)-c2ccccc2-3)cc1.OB(O)c1ccc(-c2ccc3c4c(cccc24)-c2ccccc2-3)cc1.OB(O)c1ccc2c3c(cccc13)-c1ccccc1-2. The van der Waals surface area contributed by atoms with E-state index in [0.717, 1.165) is 80.9 Å². The number of fused-ring (bicyclic) bond motifs is 17. The summed E-state index contributed by atoms with van der Waals surface area (Å²) in [6.07, 6.45) is 3.44. The molecule has 0 atom stereocenters. The molecule has 706 valence electrons. The highest BCUT2D eigenvalue weighted by molar-refractivity contribution is 14.1. The van der Waals surface area contributed by atoms with Gasteiger partial charge < -0.3 is 30.1 Å². The fraction of sp³-hybridized carbons (Fsp3) is 0.0317. The van der Waals surface area contributed by atoms with E-state index < -0.39 is 21.4 Å². The van der Waals surface area contributed by atoms with Crippen LogP contribution in [-0.4, -0.2) is 79.7 Å². The van der Waals surface area contributed by atoms with Gasteiger partial charge in [-0.15, -0.1) is 0 Å². The van der Waals surface area contributed by atoms with Crippen molar-refractivity contribution >= 4 is 184 Å². The summed E-state index contributed by atoms with van der Waals surface area (Å²) in [6.45, 7) is 0. The lowest BCUT2D eigenvalue weighted by molar-refractivity contribution is 0.424. The van der Waals surface area contributed by atoms with E-state index in [9.17, 15) is 39.7 Å². The zero-order chi connectivity index (χ0) is 101. The highest BCUT2D eigenvalue weighted by Crippen LogP contribution is 2.55.